The molecule has 10 heavy (non-hydrogen) atoms. The highest BCUT2D eigenvalue weighted by Crippen LogP contribution is 2.08. The molecule has 3 nitrogen and oxygen atoms in total. The number of ether oxygens (including phenoxy) is 2. The highest BCUT2D eigenvalue weighted by molar-refractivity contribution is 5.89. The number of hydrogen-bond donors (Lipinski definition) is 0. The van der Waals surface area contributed by atoms with Crippen LogP contribution in [0.15, 0.2) is 11.8 Å². The molecule has 0 aromatic rings. The lowest BCUT2D eigenvalue weighted by atomic mass is 10.3. The Kier molecular flexibility index (Phi) is 2.31. The van der Waals surface area contributed by atoms with E-state index in [-0.39, 0.29) is 5.97 Å². The van der Waals surface area contributed by atoms with Crippen LogP contribution in [0.5, 0.6) is 0 Å². The van der Waals surface area contributed by atoms with Gasteiger partial charge in [-0.1, -0.05) is 6.92 Å². The van der Waals surface area contributed by atoms with Crippen molar-refractivity contribution in [1.82, 2.24) is 0 Å². The van der Waals surface area contributed by atoms with Gasteiger partial charge in [0.15, 0.2) is 0 Å². The van der Waals surface area contributed by atoms with Crippen molar-refractivity contribution in [2.45, 2.75) is 13.3 Å². The third-order valence-electron chi connectivity index (χ3n) is 1.16. The zero-order valence-corrected chi connectivity index (χ0v) is 5.92. The van der Waals surface area contributed by atoms with Crippen LogP contribution in [0.25, 0.3) is 0 Å². The van der Waals surface area contributed by atoms with E-state index >= 15 is 0 Å². The molecule has 0 saturated carbocycles. The first-order valence-electron chi connectivity index (χ1n) is 3.32. The van der Waals surface area contributed by atoms with E-state index in [1.807, 2.05) is 6.92 Å². The van der Waals surface area contributed by atoms with E-state index in [0.717, 1.165) is 6.42 Å². The largest absolute Gasteiger partial charge is 0.495 e. The second-order valence-electron chi connectivity index (χ2n) is 2.09. The number of carbonyl (C=O) groups is 1. The van der Waals surface area contributed by atoms with E-state index < -0.39 is 0 Å². The van der Waals surface area contributed by atoms with Crippen molar-refractivity contribution in [3.8, 4) is 0 Å². The van der Waals surface area contributed by atoms with Crippen molar-refractivity contribution in [2.75, 3.05) is 13.2 Å². The summed E-state index contributed by atoms with van der Waals surface area (Å²) >= 11 is 0. The molecule has 1 aliphatic heterocycles. The topological polar surface area (TPSA) is 35.5 Å². The number of rotatable bonds is 3. The first-order chi connectivity index (χ1) is 4.84. The van der Waals surface area contributed by atoms with Crippen LogP contribution in [0.2, 0.25) is 0 Å². The minimum Gasteiger partial charge on any atom is -0.495 e. The Hall–Kier alpha value is -0.990. The van der Waals surface area contributed by atoms with E-state index in [2.05, 4.69) is 4.74 Å². The lowest BCUT2D eigenvalue weighted by Crippen LogP contribution is -2.18. The van der Waals surface area contributed by atoms with E-state index in [4.69, 9.17) is 4.74 Å². The Labute approximate surface area is 59.6 Å². The van der Waals surface area contributed by atoms with Crippen molar-refractivity contribution >= 4 is 5.97 Å². The molecule has 0 fully saturated rings. The number of esters is 1. The summed E-state index contributed by atoms with van der Waals surface area (Å²) < 4.78 is 9.48. The predicted octanol–water partition coefficient (Wildman–Crippen LogP) is 0.854. The third-order valence-corrected chi connectivity index (χ3v) is 1.16. The fraction of sp³-hybridized carbons (Fsp3) is 0.571. The van der Waals surface area contributed by atoms with Gasteiger partial charge in [-0.25, -0.2) is 4.79 Å². The highest BCUT2D eigenvalue weighted by Gasteiger charge is 2.17. The zero-order valence-electron chi connectivity index (χ0n) is 5.92. The molecule has 0 radical (unpaired) electrons. The van der Waals surface area contributed by atoms with Gasteiger partial charge in [0.1, 0.15) is 12.2 Å². The molecule has 0 aromatic carbocycles. The van der Waals surface area contributed by atoms with Crippen molar-refractivity contribution < 1.29 is 14.3 Å². The van der Waals surface area contributed by atoms with Gasteiger partial charge in [0.2, 0.25) is 0 Å². The van der Waals surface area contributed by atoms with Crippen molar-refractivity contribution in [3.05, 3.63) is 11.8 Å². The summed E-state index contributed by atoms with van der Waals surface area (Å²) in [5, 5.41) is 0. The third kappa shape index (κ3) is 1.50. The highest BCUT2D eigenvalue weighted by atomic mass is 16.5. The van der Waals surface area contributed by atoms with Gasteiger partial charge in [-0.05, 0) is 6.42 Å². The van der Waals surface area contributed by atoms with Gasteiger partial charge in [-0.15, -0.1) is 0 Å². The lowest BCUT2D eigenvalue weighted by molar-refractivity contribution is -0.140. The Morgan fingerprint density at radius 1 is 1.90 bits per heavy atom. The minimum atomic E-state index is -0.242. The molecule has 0 amide bonds. The SMILES string of the molecule is CCCOC(=O)C1=COC1. The normalized spacial score (nSPS) is 14.7. The molecule has 1 aliphatic rings. The molecule has 3 heteroatoms. The monoisotopic (exact) mass is 142 g/mol. The zero-order chi connectivity index (χ0) is 7.40. The minimum absolute atomic E-state index is 0.242. The second-order valence-corrected chi connectivity index (χ2v) is 2.09. The van der Waals surface area contributed by atoms with Crippen LogP contribution >= 0.6 is 0 Å². The van der Waals surface area contributed by atoms with Gasteiger partial charge < -0.3 is 9.47 Å². The van der Waals surface area contributed by atoms with Gasteiger partial charge in [0.25, 0.3) is 0 Å². The average Bonchev–Trinajstić information content (AvgIpc) is 1.79. The summed E-state index contributed by atoms with van der Waals surface area (Å²) in [6.07, 6.45) is 2.29. The van der Waals surface area contributed by atoms with Crippen LogP contribution in [-0.4, -0.2) is 19.2 Å². The van der Waals surface area contributed by atoms with Crippen LogP contribution < -0.4 is 0 Å². The molecule has 56 valence electrons. The van der Waals surface area contributed by atoms with E-state index in [0.29, 0.717) is 18.8 Å². The Morgan fingerprint density at radius 3 is 3.00 bits per heavy atom. The van der Waals surface area contributed by atoms with E-state index in [1.165, 1.54) is 6.26 Å². The molecule has 0 bridgehead atoms. The maximum absolute atomic E-state index is 10.8. The lowest BCUT2D eigenvalue weighted by Gasteiger charge is -2.13. The summed E-state index contributed by atoms with van der Waals surface area (Å²) in [5.41, 5.74) is 0.633. The summed E-state index contributed by atoms with van der Waals surface area (Å²) in [6, 6.07) is 0. The molecule has 1 heterocycles. The summed E-state index contributed by atoms with van der Waals surface area (Å²) in [4.78, 5) is 10.8. The van der Waals surface area contributed by atoms with Crippen LogP contribution in [0.1, 0.15) is 13.3 Å². The second kappa shape index (κ2) is 3.25. The Morgan fingerprint density at radius 2 is 2.60 bits per heavy atom. The predicted molar refractivity (Wildman–Crippen MR) is 35.3 cm³/mol. The van der Waals surface area contributed by atoms with Crippen LogP contribution in [0, 0.1) is 0 Å². The Bertz CT molecular complexity index is 160. The molecular formula is C7H10O3. The molecule has 0 atom stereocenters. The average molecular weight is 142 g/mol. The Balaban J connectivity index is 2.21. The van der Waals surface area contributed by atoms with Crippen molar-refractivity contribution in [1.29, 1.82) is 0 Å². The molecule has 0 aliphatic carbocycles. The quantitative estimate of drug-likeness (QED) is 0.548. The van der Waals surface area contributed by atoms with Gasteiger partial charge >= 0.3 is 5.97 Å². The summed E-state index contributed by atoms with van der Waals surface area (Å²) in [6.45, 7) is 2.86. The molecule has 0 unspecified atom stereocenters. The summed E-state index contributed by atoms with van der Waals surface area (Å²) in [7, 11) is 0. The standard InChI is InChI=1S/C7H10O3/c1-2-3-10-7(8)6-4-9-5-6/h4H,2-3,5H2,1H3. The smallest absolute Gasteiger partial charge is 0.340 e. The maximum atomic E-state index is 10.8. The molecule has 1 rings (SSSR count). The number of carbonyl (C=O) groups excluding carboxylic acids is 1. The fourth-order valence-corrected chi connectivity index (χ4v) is 0.561. The van der Waals surface area contributed by atoms with Gasteiger partial charge in [-0.2, -0.15) is 0 Å². The van der Waals surface area contributed by atoms with Crippen LogP contribution in [0.3, 0.4) is 0 Å². The molecular weight excluding hydrogens is 132 g/mol. The molecule has 0 saturated heterocycles. The molecule has 0 aromatic heterocycles. The first kappa shape index (κ1) is 7.12. The summed E-state index contributed by atoms with van der Waals surface area (Å²) in [5.74, 6) is -0.242. The maximum Gasteiger partial charge on any atom is 0.340 e. The van der Waals surface area contributed by atoms with Crippen molar-refractivity contribution in [3.63, 3.8) is 0 Å². The van der Waals surface area contributed by atoms with Gasteiger partial charge in [-0.3, -0.25) is 0 Å². The van der Waals surface area contributed by atoms with E-state index in [1.54, 1.807) is 0 Å². The fourth-order valence-electron chi connectivity index (χ4n) is 0.561. The van der Waals surface area contributed by atoms with Crippen LogP contribution in [0.4, 0.5) is 0 Å². The van der Waals surface area contributed by atoms with Crippen LogP contribution in [-0.2, 0) is 14.3 Å². The van der Waals surface area contributed by atoms with Gasteiger partial charge in [0, 0.05) is 0 Å². The van der Waals surface area contributed by atoms with E-state index in [9.17, 15) is 4.79 Å². The van der Waals surface area contributed by atoms with Crippen molar-refractivity contribution in [2.24, 2.45) is 0 Å². The number of hydrogen-bond acceptors (Lipinski definition) is 3. The first-order valence-corrected chi connectivity index (χ1v) is 3.32. The molecule has 0 spiro atoms. The van der Waals surface area contributed by atoms with Gasteiger partial charge in [0.05, 0.1) is 12.9 Å². The molecule has 0 N–H and O–H groups in total.